The minimum atomic E-state index is -0.488. The van der Waals surface area contributed by atoms with Crippen molar-refractivity contribution in [3.05, 3.63) is 29.6 Å². The molecule has 1 aliphatic heterocycles. The van der Waals surface area contributed by atoms with Crippen molar-refractivity contribution >= 4 is 11.6 Å². The van der Waals surface area contributed by atoms with E-state index in [0.29, 0.717) is 25.3 Å². The molecule has 142 valence electrons. The van der Waals surface area contributed by atoms with E-state index in [2.05, 4.69) is 24.1 Å². The zero-order chi connectivity index (χ0) is 18.9. The highest BCUT2D eigenvalue weighted by Gasteiger charge is 2.26. The number of carbonyl (C=O) groups is 1. The number of nitrogens with zero attached hydrogens (tertiary/aromatic N) is 3. The molecule has 0 saturated carbocycles. The lowest BCUT2D eigenvalue weighted by Gasteiger charge is -2.33. The van der Waals surface area contributed by atoms with Crippen LogP contribution >= 0.6 is 0 Å². The molecule has 1 amide bonds. The Morgan fingerprint density at radius 2 is 2.04 bits per heavy atom. The van der Waals surface area contributed by atoms with Gasteiger partial charge in [-0.05, 0) is 51.0 Å². The number of halogens is 1. The molecule has 1 fully saturated rings. The number of anilines is 1. The molecule has 26 heavy (non-hydrogen) atoms. The van der Waals surface area contributed by atoms with Crippen LogP contribution in [-0.2, 0) is 4.79 Å². The van der Waals surface area contributed by atoms with Crippen molar-refractivity contribution in [3.8, 4) is 6.07 Å². The van der Waals surface area contributed by atoms with Crippen LogP contribution in [0.5, 0.6) is 0 Å². The maximum atomic E-state index is 13.8. The fourth-order valence-electron chi connectivity index (χ4n) is 3.47. The SMILES string of the molecule is CCN(CC)CCCNC(=O)C1CCN(c2cccc(F)c2C#N)CC1. The van der Waals surface area contributed by atoms with Crippen molar-refractivity contribution < 1.29 is 9.18 Å². The average molecular weight is 360 g/mol. The number of hydrogen-bond acceptors (Lipinski definition) is 4. The van der Waals surface area contributed by atoms with Gasteiger partial charge in [-0.15, -0.1) is 0 Å². The molecule has 1 saturated heterocycles. The summed E-state index contributed by atoms with van der Waals surface area (Å²) < 4.78 is 13.8. The van der Waals surface area contributed by atoms with E-state index in [4.69, 9.17) is 0 Å². The number of benzene rings is 1. The van der Waals surface area contributed by atoms with E-state index in [1.807, 2.05) is 11.0 Å². The van der Waals surface area contributed by atoms with Gasteiger partial charge in [-0.3, -0.25) is 4.79 Å². The summed E-state index contributed by atoms with van der Waals surface area (Å²) >= 11 is 0. The first-order valence-electron chi connectivity index (χ1n) is 9.54. The maximum Gasteiger partial charge on any atom is 0.223 e. The van der Waals surface area contributed by atoms with Crippen molar-refractivity contribution in [2.45, 2.75) is 33.1 Å². The Morgan fingerprint density at radius 3 is 2.65 bits per heavy atom. The van der Waals surface area contributed by atoms with Crippen molar-refractivity contribution in [2.24, 2.45) is 5.92 Å². The van der Waals surface area contributed by atoms with Crippen molar-refractivity contribution in [1.82, 2.24) is 10.2 Å². The Bertz CT molecular complexity index is 631. The summed E-state index contributed by atoms with van der Waals surface area (Å²) in [5.41, 5.74) is 0.720. The molecule has 1 N–H and O–H groups in total. The van der Waals surface area contributed by atoms with Crippen LogP contribution in [0.2, 0.25) is 0 Å². The van der Waals surface area contributed by atoms with Gasteiger partial charge in [0.2, 0.25) is 5.91 Å². The van der Waals surface area contributed by atoms with E-state index in [1.165, 1.54) is 6.07 Å². The molecular weight excluding hydrogens is 331 g/mol. The molecule has 0 radical (unpaired) electrons. The van der Waals surface area contributed by atoms with Crippen LogP contribution in [0.4, 0.5) is 10.1 Å². The van der Waals surface area contributed by atoms with E-state index in [-0.39, 0.29) is 17.4 Å². The molecule has 1 aromatic rings. The van der Waals surface area contributed by atoms with E-state index >= 15 is 0 Å². The Balaban J connectivity index is 1.79. The normalized spacial score (nSPS) is 15.1. The Labute approximate surface area is 155 Å². The molecule has 1 aliphatic rings. The zero-order valence-corrected chi connectivity index (χ0v) is 15.8. The smallest absolute Gasteiger partial charge is 0.223 e. The number of piperidine rings is 1. The highest BCUT2D eigenvalue weighted by atomic mass is 19.1. The Morgan fingerprint density at radius 1 is 1.35 bits per heavy atom. The van der Waals surface area contributed by atoms with Gasteiger partial charge >= 0.3 is 0 Å². The van der Waals surface area contributed by atoms with Gasteiger partial charge in [0.1, 0.15) is 17.4 Å². The predicted octanol–water partition coefficient (Wildman–Crippen LogP) is 2.76. The second kappa shape index (κ2) is 10.1. The molecule has 1 aromatic carbocycles. The molecule has 0 bridgehead atoms. The first-order chi connectivity index (χ1) is 12.6. The average Bonchev–Trinajstić information content (AvgIpc) is 2.68. The fraction of sp³-hybridized carbons (Fsp3) is 0.600. The van der Waals surface area contributed by atoms with Crippen molar-refractivity contribution in [1.29, 1.82) is 5.26 Å². The number of rotatable bonds is 8. The van der Waals surface area contributed by atoms with E-state index in [0.717, 1.165) is 38.9 Å². The summed E-state index contributed by atoms with van der Waals surface area (Å²) in [5.74, 6) is -0.374. The lowest BCUT2D eigenvalue weighted by Crippen LogP contribution is -2.41. The largest absolute Gasteiger partial charge is 0.370 e. The summed E-state index contributed by atoms with van der Waals surface area (Å²) in [6.45, 7) is 9.39. The Hall–Kier alpha value is -2.13. The van der Waals surface area contributed by atoms with Gasteiger partial charge < -0.3 is 15.1 Å². The lowest BCUT2D eigenvalue weighted by molar-refractivity contribution is -0.125. The van der Waals surface area contributed by atoms with Gasteiger partial charge in [-0.1, -0.05) is 19.9 Å². The van der Waals surface area contributed by atoms with Crippen molar-refractivity contribution in [3.63, 3.8) is 0 Å². The van der Waals surface area contributed by atoms with Crippen LogP contribution in [0.15, 0.2) is 18.2 Å². The van der Waals surface area contributed by atoms with Crippen LogP contribution < -0.4 is 10.2 Å². The fourth-order valence-corrected chi connectivity index (χ4v) is 3.47. The van der Waals surface area contributed by atoms with Gasteiger partial charge in [0.25, 0.3) is 0 Å². The number of nitriles is 1. The lowest BCUT2D eigenvalue weighted by atomic mass is 9.95. The number of carbonyl (C=O) groups excluding carboxylic acids is 1. The van der Waals surface area contributed by atoms with Gasteiger partial charge in [0.05, 0.1) is 5.69 Å². The van der Waals surface area contributed by atoms with Gasteiger partial charge in [-0.25, -0.2) is 4.39 Å². The van der Waals surface area contributed by atoms with Gasteiger partial charge in [-0.2, -0.15) is 5.26 Å². The minimum absolute atomic E-state index is 0.00111. The van der Waals surface area contributed by atoms with Crippen molar-refractivity contribution in [2.75, 3.05) is 44.2 Å². The minimum Gasteiger partial charge on any atom is -0.370 e. The van der Waals surface area contributed by atoms with E-state index in [1.54, 1.807) is 12.1 Å². The number of hydrogen-bond donors (Lipinski definition) is 1. The summed E-state index contributed by atoms with van der Waals surface area (Å²) in [7, 11) is 0. The van der Waals surface area contributed by atoms with Crippen LogP contribution in [-0.4, -0.2) is 50.1 Å². The first-order valence-corrected chi connectivity index (χ1v) is 9.54. The molecular formula is C20H29FN4O. The highest BCUT2D eigenvalue weighted by molar-refractivity contribution is 5.79. The molecule has 1 heterocycles. The molecule has 2 rings (SSSR count). The molecule has 0 aromatic heterocycles. The molecule has 0 atom stereocenters. The first kappa shape index (κ1) is 20.2. The van der Waals surface area contributed by atoms with Crippen LogP contribution in [0.25, 0.3) is 0 Å². The topological polar surface area (TPSA) is 59.4 Å². The van der Waals surface area contributed by atoms with Crippen LogP contribution in [0.3, 0.4) is 0 Å². The molecule has 5 nitrogen and oxygen atoms in total. The third-order valence-electron chi connectivity index (χ3n) is 5.15. The predicted molar refractivity (Wildman–Crippen MR) is 101 cm³/mol. The standard InChI is InChI=1S/C20H29FN4O/c1-3-24(4-2)12-6-11-23-20(26)16-9-13-25(14-10-16)19-8-5-7-18(21)17(19)15-22/h5,7-8,16H,3-4,6,9-14H2,1-2H3,(H,23,26). The molecule has 0 unspecified atom stereocenters. The number of nitrogens with one attached hydrogen (secondary N) is 1. The third kappa shape index (κ3) is 5.18. The second-order valence-electron chi connectivity index (χ2n) is 6.68. The summed E-state index contributed by atoms with van der Waals surface area (Å²) in [6, 6.07) is 6.65. The molecule has 0 aliphatic carbocycles. The Kier molecular flexibility index (Phi) is 7.86. The quantitative estimate of drug-likeness (QED) is 0.724. The molecule has 6 heteroatoms. The van der Waals surface area contributed by atoms with Crippen LogP contribution in [0.1, 0.15) is 38.7 Å². The zero-order valence-electron chi connectivity index (χ0n) is 15.8. The van der Waals surface area contributed by atoms with E-state index < -0.39 is 5.82 Å². The highest BCUT2D eigenvalue weighted by Crippen LogP contribution is 2.27. The van der Waals surface area contributed by atoms with Gasteiger partial charge in [0, 0.05) is 25.6 Å². The second-order valence-corrected chi connectivity index (χ2v) is 6.68. The monoisotopic (exact) mass is 360 g/mol. The van der Waals surface area contributed by atoms with E-state index in [9.17, 15) is 14.4 Å². The summed E-state index contributed by atoms with van der Waals surface area (Å²) in [4.78, 5) is 16.7. The number of amides is 1. The molecule has 0 spiro atoms. The maximum absolute atomic E-state index is 13.8. The summed E-state index contributed by atoms with van der Waals surface area (Å²) in [6.07, 6.45) is 2.41. The summed E-state index contributed by atoms with van der Waals surface area (Å²) in [5, 5.41) is 12.2. The van der Waals surface area contributed by atoms with Gasteiger partial charge in [0.15, 0.2) is 0 Å². The third-order valence-corrected chi connectivity index (χ3v) is 5.15. The van der Waals surface area contributed by atoms with Crippen LogP contribution in [0, 0.1) is 23.1 Å².